The van der Waals surface area contributed by atoms with Gasteiger partial charge in [0, 0.05) is 28.3 Å². The molecule has 0 aliphatic heterocycles. The molecule has 0 radical (unpaired) electrons. The molecule has 0 aliphatic carbocycles. The summed E-state index contributed by atoms with van der Waals surface area (Å²) in [4.78, 5) is 26.6. The number of carbonyl (C=O) groups is 2. The number of ether oxygens (including phenoxy) is 1. The van der Waals surface area contributed by atoms with E-state index in [1.54, 1.807) is 53.1 Å². The van der Waals surface area contributed by atoms with E-state index in [0.29, 0.717) is 45.3 Å². The third kappa shape index (κ3) is 6.98. The second-order valence-electron chi connectivity index (χ2n) is 11.9. The number of halogens is 1. The quantitative estimate of drug-likeness (QED) is 0.124. The van der Waals surface area contributed by atoms with Gasteiger partial charge in [0.15, 0.2) is 8.32 Å². The van der Waals surface area contributed by atoms with Crippen molar-refractivity contribution in [1.29, 1.82) is 0 Å². The number of hydrogen-bond donors (Lipinski definition) is 1. The first-order valence-corrected chi connectivity index (χ1v) is 17.1. The number of nitrogens with zero attached hydrogens (tertiary/aromatic N) is 1. The zero-order valence-electron chi connectivity index (χ0n) is 24.6. The summed E-state index contributed by atoms with van der Waals surface area (Å²) in [5, 5.41) is 11.2. The van der Waals surface area contributed by atoms with Crippen molar-refractivity contribution >= 4 is 42.7 Å². The number of hydrogen-bond acceptors (Lipinski definition) is 5. The van der Waals surface area contributed by atoms with E-state index in [2.05, 4.69) is 33.9 Å². The normalized spacial score (nSPS) is 12.1. The maximum Gasteiger partial charge on any atom is 0.315 e. The third-order valence-electron chi connectivity index (χ3n) is 8.01. The van der Waals surface area contributed by atoms with Gasteiger partial charge < -0.3 is 14.3 Å². The fourth-order valence-electron chi connectivity index (χ4n) is 4.51. The van der Waals surface area contributed by atoms with E-state index >= 15 is 0 Å². The van der Waals surface area contributed by atoms with Crippen LogP contribution in [0.1, 0.15) is 53.5 Å². The van der Waals surface area contributed by atoms with Gasteiger partial charge in [-0.05, 0) is 96.7 Å². The molecule has 0 saturated heterocycles. The van der Waals surface area contributed by atoms with Gasteiger partial charge >= 0.3 is 5.97 Å². The zero-order valence-corrected chi connectivity index (χ0v) is 26.3. The van der Waals surface area contributed by atoms with E-state index in [-0.39, 0.29) is 24.0 Å². The molecular formula is C33H38ClNO5Si. The Morgan fingerprint density at radius 3 is 2.20 bits per heavy atom. The molecule has 4 rings (SSSR count). The molecule has 0 fully saturated rings. The fraction of sp³-hybridized carbons (Fsp3) is 0.333. The van der Waals surface area contributed by atoms with Gasteiger partial charge in [-0.1, -0.05) is 50.6 Å². The van der Waals surface area contributed by atoms with Crippen LogP contribution in [0.2, 0.25) is 23.2 Å². The van der Waals surface area contributed by atoms with Crippen LogP contribution in [-0.4, -0.2) is 36.5 Å². The van der Waals surface area contributed by atoms with Crippen molar-refractivity contribution in [1.82, 2.24) is 4.57 Å². The minimum absolute atomic E-state index is 0.0276. The lowest BCUT2D eigenvalue weighted by Gasteiger charge is -2.36. The number of aliphatic hydroxyl groups is 1. The summed E-state index contributed by atoms with van der Waals surface area (Å²) in [6, 6.07) is 19.6. The topological polar surface area (TPSA) is 77.8 Å². The number of aliphatic hydroxyl groups excluding tert-OH is 1. The number of benzene rings is 3. The van der Waals surface area contributed by atoms with Crippen molar-refractivity contribution < 1.29 is 23.9 Å². The Balaban J connectivity index is 1.50. The minimum atomic E-state index is -1.80. The Morgan fingerprint density at radius 2 is 1.59 bits per heavy atom. The second kappa shape index (κ2) is 12.3. The molecule has 216 valence electrons. The number of esters is 1. The molecule has 0 saturated carbocycles. The number of carbonyl (C=O) groups excluding carboxylic acids is 2. The van der Waals surface area contributed by atoms with Crippen LogP contribution < -0.4 is 4.74 Å². The Morgan fingerprint density at radius 1 is 0.951 bits per heavy atom. The molecule has 0 unspecified atom stereocenters. The molecule has 0 aliphatic rings. The molecule has 41 heavy (non-hydrogen) atoms. The Hall–Kier alpha value is -3.23. The van der Waals surface area contributed by atoms with Gasteiger partial charge in [-0.15, -0.1) is 0 Å². The highest BCUT2D eigenvalue weighted by Gasteiger charge is 2.36. The molecule has 8 heteroatoms. The number of aromatic nitrogens is 1. The van der Waals surface area contributed by atoms with Crippen molar-refractivity contribution in [3.05, 3.63) is 99.7 Å². The van der Waals surface area contributed by atoms with Crippen LogP contribution in [-0.2, 0) is 28.7 Å². The highest BCUT2D eigenvalue weighted by Crippen LogP contribution is 2.36. The first-order chi connectivity index (χ1) is 19.3. The summed E-state index contributed by atoms with van der Waals surface area (Å²) in [5.74, 6) is -0.207. The SMILES string of the molecule is Cc1c(CC(=O)Oc2ccc(CCO[Si](C)(C)C(C)(C)C)cc2)c2cc(CO)ccc2n1C(=O)c1ccc(Cl)cc1. The van der Waals surface area contributed by atoms with Crippen LogP contribution in [0.4, 0.5) is 0 Å². The Kier molecular flexibility index (Phi) is 9.24. The summed E-state index contributed by atoms with van der Waals surface area (Å²) in [7, 11) is -1.80. The summed E-state index contributed by atoms with van der Waals surface area (Å²) in [5.41, 5.74) is 4.26. The Bertz CT molecular complexity index is 1550. The van der Waals surface area contributed by atoms with Gasteiger partial charge in [-0.3, -0.25) is 14.2 Å². The zero-order chi connectivity index (χ0) is 29.9. The first kappa shape index (κ1) is 30.7. The molecule has 1 N–H and O–H groups in total. The van der Waals surface area contributed by atoms with Crippen LogP contribution in [0.3, 0.4) is 0 Å². The molecule has 3 aromatic carbocycles. The molecule has 4 aromatic rings. The van der Waals surface area contributed by atoms with Gasteiger partial charge in [0.2, 0.25) is 0 Å². The summed E-state index contributed by atoms with van der Waals surface area (Å²) >= 11 is 6.01. The number of fused-ring (bicyclic) bond motifs is 1. The standard InChI is InChI=1S/C33H38ClNO5Si/c1-22-28(20-31(37)40-27-14-7-23(8-15-27)17-18-39-41(5,6)33(2,3)4)29-19-24(21-36)9-16-30(29)35(22)32(38)25-10-12-26(34)13-11-25/h7-16,19,36H,17-18,20-21H2,1-6H3. The van der Waals surface area contributed by atoms with E-state index in [0.717, 1.165) is 17.4 Å². The monoisotopic (exact) mass is 591 g/mol. The van der Waals surface area contributed by atoms with Crippen LogP contribution in [0.15, 0.2) is 66.7 Å². The molecule has 1 aromatic heterocycles. The molecular weight excluding hydrogens is 554 g/mol. The van der Waals surface area contributed by atoms with E-state index in [9.17, 15) is 14.7 Å². The predicted octanol–water partition coefficient (Wildman–Crippen LogP) is 7.50. The lowest BCUT2D eigenvalue weighted by atomic mass is 10.1. The molecule has 0 amide bonds. The molecule has 0 spiro atoms. The van der Waals surface area contributed by atoms with Gasteiger partial charge in [0.1, 0.15) is 5.75 Å². The van der Waals surface area contributed by atoms with Crippen LogP contribution >= 0.6 is 11.6 Å². The van der Waals surface area contributed by atoms with Crippen molar-refractivity contribution in [3.63, 3.8) is 0 Å². The summed E-state index contributed by atoms with van der Waals surface area (Å²) in [6.45, 7) is 13.5. The number of rotatable bonds is 9. The molecule has 0 bridgehead atoms. The molecule has 1 heterocycles. The largest absolute Gasteiger partial charge is 0.426 e. The van der Waals surface area contributed by atoms with Crippen molar-refractivity contribution in [3.8, 4) is 5.75 Å². The summed E-state index contributed by atoms with van der Waals surface area (Å²) < 4.78 is 13.6. The van der Waals surface area contributed by atoms with Crippen molar-refractivity contribution in [2.24, 2.45) is 0 Å². The minimum Gasteiger partial charge on any atom is -0.426 e. The van der Waals surface area contributed by atoms with Gasteiger partial charge in [0.05, 0.1) is 18.5 Å². The maximum absolute atomic E-state index is 13.5. The predicted molar refractivity (Wildman–Crippen MR) is 166 cm³/mol. The highest BCUT2D eigenvalue weighted by atomic mass is 35.5. The highest BCUT2D eigenvalue weighted by molar-refractivity contribution is 6.74. The molecule has 0 atom stereocenters. The summed E-state index contributed by atoms with van der Waals surface area (Å²) in [6.07, 6.45) is 0.758. The fourth-order valence-corrected chi connectivity index (χ4v) is 5.68. The van der Waals surface area contributed by atoms with Gasteiger partial charge in [-0.2, -0.15) is 0 Å². The molecule has 6 nitrogen and oxygen atoms in total. The average molecular weight is 592 g/mol. The lowest BCUT2D eigenvalue weighted by molar-refractivity contribution is -0.133. The third-order valence-corrected chi connectivity index (χ3v) is 12.8. The van der Waals surface area contributed by atoms with Crippen molar-refractivity contribution in [2.45, 2.75) is 65.3 Å². The second-order valence-corrected chi connectivity index (χ2v) is 17.1. The van der Waals surface area contributed by atoms with E-state index in [4.69, 9.17) is 20.8 Å². The lowest BCUT2D eigenvalue weighted by Crippen LogP contribution is -2.41. The van der Waals surface area contributed by atoms with E-state index in [1.165, 1.54) is 0 Å². The maximum atomic E-state index is 13.5. The van der Waals surface area contributed by atoms with Gasteiger partial charge in [0.25, 0.3) is 5.91 Å². The van der Waals surface area contributed by atoms with Gasteiger partial charge in [-0.25, -0.2) is 0 Å². The van der Waals surface area contributed by atoms with Crippen molar-refractivity contribution in [2.75, 3.05) is 6.61 Å². The van der Waals surface area contributed by atoms with E-state index < -0.39 is 14.3 Å². The first-order valence-electron chi connectivity index (χ1n) is 13.8. The smallest absolute Gasteiger partial charge is 0.315 e. The van der Waals surface area contributed by atoms with E-state index in [1.807, 2.05) is 25.1 Å². The Labute approximate surface area is 248 Å². The average Bonchev–Trinajstić information content (AvgIpc) is 3.19. The van der Waals surface area contributed by atoms with Crippen LogP contribution in [0.5, 0.6) is 5.75 Å². The van der Waals surface area contributed by atoms with Crippen LogP contribution in [0, 0.1) is 6.92 Å². The van der Waals surface area contributed by atoms with Crippen LogP contribution in [0.25, 0.3) is 10.9 Å².